The molecule has 6 heteroatoms. The number of nitrogens with zero attached hydrogens (tertiary/aromatic N) is 1. The molecule has 0 N–H and O–H groups in total. The predicted molar refractivity (Wildman–Crippen MR) is 178 cm³/mol. The summed E-state index contributed by atoms with van der Waals surface area (Å²) in [4.78, 5) is 15.3. The average Bonchev–Trinajstić information content (AvgIpc) is 3.07. The van der Waals surface area contributed by atoms with Crippen molar-refractivity contribution in [3.8, 4) is 0 Å². The fraction of sp³-hybridized carbons (Fsp3) is 0.342. The number of hydrogen-bond acceptors (Lipinski definition) is 5. The third-order valence-electron chi connectivity index (χ3n) is 9.40. The number of aryl methyl sites for hydroxylation is 1. The van der Waals surface area contributed by atoms with E-state index in [4.69, 9.17) is 18.9 Å². The lowest BCUT2D eigenvalue weighted by Gasteiger charge is -2.23. The molecule has 8 rings (SSSR count). The van der Waals surface area contributed by atoms with E-state index in [1.807, 2.05) is 4.90 Å². The van der Waals surface area contributed by atoms with Crippen LogP contribution in [0.3, 0.4) is 0 Å². The van der Waals surface area contributed by atoms with Crippen molar-refractivity contribution in [3.63, 3.8) is 0 Å². The number of benzene rings is 7. The third kappa shape index (κ3) is 4.87. The minimum Gasteiger partial charge on any atom is -0.377 e. The number of carbonyl (C=O) groups is 1. The van der Waals surface area contributed by atoms with Crippen molar-refractivity contribution < 1.29 is 23.7 Å². The van der Waals surface area contributed by atoms with E-state index in [9.17, 15) is 4.79 Å². The van der Waals surface area contributed by atoms with Crippen LogP contribution in [0.1, 0.15) is 18.4 Å². The second-order valence-electron chi connectivity index (χ2n) is 12.0. The minimum absolute atomic E-state index is 0.148. The number of amides is 1. The molecular weight excluding hydrogens is 550 g/mol. The SMILES string of the molecule is O=C(CCCc1cc2ccc3ccc4ccc5ccc6ccc1c1c6c5c4c3c21)N1CCOCCOCCOCCOCC1. The van der Waals surface area contributed by atoms with E-state index in [2.05, 4.69) is 66.7 Å². The summed E-state index contributed by atoms with van der Waals surface area (Å²) in [5.74, 6) is 0.148. The summed E-state index contributed by atoms with van der Waals surface area (Å²) in [5.41, 5.74) is 1.31. The lowest BCUT2D eigenvalue weighted by Crippen LogP contribution is -2.37. The summed E-state index contributed by atoms with van der Waals surface area (Å²) >= 11 is 0. The molecule has 1 amide bonds. The maximum absolute atomic E-state index is 13.4. The molecule has 44 heavy (non-hydrogen) atoms. The Morgan fingerprint density at radius 3 is 1.45 bits per heavy atom. The van der Waals surface area contributed by atoms with Crippen LogP contribution in [0.5, 0.6) is 0 Å². The van der Waals surface area contributed by atoms with Crippen molar-refractivity contribution in [2.24, 2.45) is 0 Å². The van der Waals surface area contributed by atoms with Gasteiger partial charge in [-0.2, -0.15) is 0 Å². The average molecular weight is 588 g/mol. The van der Waals surface area contributed by atoms with Crippen molar-refractivity contribution >= 4 is 70.5 Å². The third-order valence-corrected chi connectivity index (χ3v) is 9.40. The summed E-state index contributed by atoms with van der Waals surface area (Å²) in [6.45, 7) is 5.28. The van der Waals surface area contributed by atoms with Gasteiger partial charge in [0.25, 0.3) is 0 Å². The highest BCUT2D eigenvalue weighted by atomic mass is 16.6. The summed E-state index contributed by atoms with van der Waals surface area (Å²) in [6.07, 6.45) is 2.12. The lowest BCUT2D eigenvalue weighted by molar-refractivity contribution is -0.133. The van der Waals surface area contributed by atoms with Gasteiger partial charge in [0.2, 0.25) is 5.91 Å². The van der Waals surface area contributed by atoms with E-state index in [-0.39, 0.29) is 5.91 Å². The van der Waals surface area contributed by atoms with E-state index >= 15 is 0 Å². The predicted octanol–water partition coefficient (Wildman–Crippen LogP) is 7.15. The van der Waals surface area contributed by atoms with Gasteiger partial charge in [-0.1, -0.05) is 66.7 Å². The Labute approximate surface area is 256 Å². The quantitative estimate of drug-likeness (QED) is 0.162. The molecule has 0 unspecified atom stereocenters. The minimum atomic E-state index is 0.148. The van der Waals surface area contributed by atoms with Crippen LogP contribution in [0.2, 0.25) is 0 Å². The summed E-state index contributed by atoms with van der Waals surface area (Å²) in [5, 5.41) is 16.0. The maximum Gasteiger partial charge on any atom is 0.222 e. The van der Waals surface area contributed by atoms with Crippen molar-refractivity contribution in [1.29, 1.82) is 0 Å². The van der Waals surface area contributed by atoms with Gasteiger partial charge in [0, 0.05) is 19.5 Å². The number of ether oxygens (including phenoxy) is 4. The molecule has 7 aromatic carbocycles. The highest BCUT2D eigenvalue weighted by Crippen LogP contribution is 2.48. The molecule has 1 aliphatic heterocycles. The monoisotopic (exact) mass is 587 g/mol. The molecule has 0 atom stereocenters. The standard InChI is InChI=1S/C38H37NO5/c40-32(39-14-16-41-18-20-43-22-23-44-21-19-42-17-15-39)3-1-2-29-24-30-11-10-27-7-5-25-4-6-26-8-9-28-12-13-31(29)38-36(28)34(26)33(25)35(27)37(30)38/h4-13,24H,1-3,14-23H2. The van der Waals surface area contributed by atoms with E-state index in [0.717, 1.165) is 12.8 Å². The fourth-order valence-electron chi connectivity index (χ4n) is 7.33. The molecule has 0 aliphatic carbocycles. The Morgan fingerprint density at radius 1 is 0.523 bits per heavy atom. The first-order valence-corrected chi connectivity index (χ1v) is 16.0. The van der Waals surface area contributed by atoms with Crippen LogP contribution >= 0.6 is 0 Å². The van der Waals surface area contributed by atoms with Crippen LogP contribution in [-0.2, 0) is 30.2 Å². The Bertz CT molecular complexity index is 1980. The van der Waals surface area contributed by atoms with Crippen LogP contribution in [-0.4, -0.2) is 76.8 Å². The Hall–Kier alpha value is -3.81. The summed E-state index contributed by atoms with van der Waals surface area (Å²) < 4.78 is 22.5. The molecule has 1 fully saturated rings. The second kappa shape index (κ2) is 11.9. The van der Waals surface area contributed by atoms with Crippen molar-refractivity contribution in [2.75, 3.05) is 65.9 Å². The summed E-state index contributed by atoms with van der Waals surface area (Å²) in [7, 11) is 0. The van der Waals surface area contributed by atoms with Gasteiger partial charge in [0.05, 0.1) is 52.9 Å². The second-order valence-corrected chi connectivity index (χ2v) is 12.0. The highest BCUT2D eigenvalue weighted by molar-refractivity contribution is 6.44. The molecule has 1 aliphatic rings. The van der Waals surface area contributed by atoms with Gasteiger partial charge < -0.3 is 23.8 Å². The zero-order chi connectivity index (χ0) is 29.5. The maximum atomic E-state index is 13.4. The van der Waals surface area contributed by atoms with Crippen molar-refractivity contribution in [2.45, 2.75) is 19.3 Å². The first-order valence-electron chi connectivity index (χ1n) is 16.0. The van der Waals surface area contributed by atoms with Crippen molar-refractivity contribution in [1.82, 2.24) is 4.90 Å². The normalized spacial score (nSPS) is 17.0. The molecule has 0 saturated carbocycles. The van der Waals surface area contributed by atoms with Crippen LogP contribution in [0, 0.1) is 0 Å². The van der Waals surface area contributed by atoms with Gasteiger partial charge in [-0.3, -0.25) is 4.79 Å². The van der Waals surface area contributed by atoms with Crippen LogP contribution in [0.15, 0.2) is 66.7 Å². The van der Waals surface area contributed by atoms with Gasteiger partial charge in [0.15, 0.2) is 0 Å². The first-order chi connectivity index (χ1) is 21.8. The number of rotatable bonds is 4. The molecule has 0 bridgehead atoms. The Balaban J connectivity index is 1.08. The molecular formula is C38H37NO5. The van der Waals surface area contributed by atoms with E-state index < -0.39 is 0 Å². The van der Waals surface area contributed by atoms with Gasteiger partial charge >= 0.3 is 0 Å². The topological polar surface area (TPSA) is 57.2 Å². The lowest BCUT2D eigenvalue weighted by atomic mass is 9.81. The van der Waals surface area contributed by atoms with Crippen molar-refractivity contribution in [3.05, 3.63) is 72.3 Å². The van der Waals surface area contributed by atoms with Gasteiger partial charge in [-0.25, -0.2) is 0 Å². The zero-order valence-electron chi connectivity index (χ0n) is 25.0. The zero-order valence-corrected chi connectivity index (χ0v) is 25.0. The van der Waals surface area contributed by atoms with E-state index in [0.29, 0.717) is 72.4 Å². The van der Waals surface area contributed by atoms with E-state index in [1.165, 1.54) is 70.2 Å². The first kappa shape index (κ1) is 27.7. The molecule has 0 radical (unpaired) electrons. The fourth-order valence-corrected chi connectivity index (χ4v) is 7.33. The largest absolute Gasteiger partial charge is 0.377 e. The van der Waals surface area contributed by atoms with Crippen LogP contribution in [0.4, 0.5) is 0 Å². The molecule has 0 spiro atoms. The molecule has 0 aromatic heterocycles. The Kier molecular flexibility index (Phi) is 7.52. The van der Waals surface area contributed by atoms with E-state index in [1.54, 1.807) is 0 Å². The molecule has 1 heterocycles. The number of carbonyl (C=O) groups excluding carboxylic acids is 1. The van der Waals surface area contributed by atoms with Crippen LogP contribution in [0.25, 0.3) is 64.6 Å². The Morgan fingerprint density at radius 2 is 0.932 bits per heavy atom. The van der Waals surface area contributed by atoms with Gasteiger partial charge in [-0.15, -0.1) is 0 Å². The van der Waals surface area contributed by atoms with Gasteiger partial charge in [0.1, 0.15) is 0 Å². The van der Waals surface area contributed by atoms with Crippen LogP contribution < -0.4 is 0 Å². The van der Waals surface area contributed by atoms with Gasteiger partial charge in [-0.05, 0) is 83.0 Å². The summed E-state index contributed by atoms with van der Waals surface area (Å²) in [6, 6.07) is 25.1. The molecule has 6 nitrogen and oxygen atoms in total. The number of hydrogen-bond donors (Lipinski definition) is 0. The smallest absolute Gasteiger partial charge is 0.222 e. The molecule has 224 valence electrons. The molecule has 7 aromatic rings. The highest BCUT2D eigenvalue weighted by Gasteiger charge is 2.21. The molecule has 1 saturated heterocycles.